The smallest absolute Gasteiger partial charge is 0.181 e. The number of aromatic hydroxyl groups is 1. The molecule has 0 aliphatic carbocycles. The van der Waals surface area contributed by atoms with E-state index < -0.39 is 6.35 Å². The molecular weight excluding hydrogens is 276 g/mol. The molecule has 0 aromatic heterocycles. The maximum absolute atomic E-state index is 9.89. The lowest BCUT2D eigenvalue weighted by atomic mass is 10.1. The Morgan fingerprint density at radius 3 is 2.65 bits per heavy atom. The zero-order chi connectivity index (χ0) is 14.5. The van der Waals surface area contributed by atoms with Gasteiger partial charge in [0.05, 0.1) is 5.02 Å². The second-order valence-electron chi connectivity index (χ2n) is 4.52. The third kappa shape index (κ3) is 3.87. The molecule has 0 heterocycles. The maximum atomic E-state index is 9.89. The van der Waals surface area contributed by atoms with Gasteiger partial charge in [-0.2, -0.15) is 0 Å². The number of phenolic OH excluding ortho intramolecular Hbond substituents is 1. The number of aliphatic hydroxyl groups is 1. The Labute approximate surface area is 123 Å². The van der Waals surface area contributed by atoms with Crippen molar-refractivity contribution in [2.45, 2.75) is 19.8 Å². The highest BCUT2D eigenvalue weighted by molar-refractivity contribution is 6.32. The van der Waals surface area contributed by atoms with E-state index in [1.807, 2.05) is 31.2 Å². The Hall–Kier alpha value is -1.75. The molecule has 106 valence electrons. The molecule has 0 aliphatic heterocycles. The number of rotatable bonds is 5. The van der Waals surface area contributed by atoms with E-state index in [1.165, 1.54) is 11.6 Å². The molecule has 4 nitrogen and oxygen atoms in total. The first-order valence-electron chi connectivity index (χ1n) is 6.27. The molecule has 20 heavy (non-hydrogen) atoms. The van der Waals surface area contributed by atoms with Gasteiger partial charge in [0.2, 0.25) is 0 Å². The van der Waals surface area contributed by atoms with E-state index in [0.29, 0.717) is 12.2 Å². The molecule has 0 fully saturated rings. The molecule has 0 spiro atoms. The Kier molecular flexibility index (Phi) is 4.84. The van der Waals surface area contributed by atoms with E-state index in [9.17, 15) is 10.2 Å². The summed E-state index contributed by atoms with van der Waals surface area (Å²) in [7, 11) is 0. The van der Waals surface area contributed by atoms with Crippen molar-refractivity contribution in [2.75, 3.05) is 5.32 Å². The van der Waals surface area contributed by atoms with E-state index in [1.54, 1.807) is 12.1 Å². The summed E-state index contributed by atoms with van der Waals surface area (Å²) in [4.78, 5) is 0. The average Bonchev–Trinajstić information content (AvgIpc) is 2.42. The topological polar surface area (TPSA) is 64.5 Å². The van der Waals surface area contributed by atoms with E-state index in [4.69, 9.17) is 11.6 Å². The monoisotopic (exact) mass is 292 g/mol. The number of nitrogens with one attached hydrogen (secondary N) is 2. The molecule has 1 unspecified atom stereocenters. The van der Waals surface area contributed by atoms with Gasteiger partial charge >= 0.3 is 0 Å². The highest BCUT2D eigenvalue weighted by atomic mass is 35.5. The van der Waals surface area contributed by atoms with Crippen molar-refractivity contribution in [3.8, 4) is 5.75 Å². The maximum Gasteiger partial charge on any atom is 0.181 e. The van der Waals surface area contributed by atoms with Gasteiger partial charge in [-0.3, -0.25) is 5.32 Å². The number of aryl methyl sites for hydroxylation is 1. The van der Waals surface area contributed by atoms with Crippen LogP contribution in [0.4, 0.5) is 5.69 Å². The number of phenols is 1. The molecule has 0 saturated carbocycles. The molecule has 5 heteroatoms. The zero-order valence-electron chi connectivity index (χ0n) is 11.1. The lowest BCUT2D eigenvalue weighted by Gasteiger charge is -2.17. The summed E-state index contributed by atoms with van der Waals surface area (Å²) in [5.74, 6) is 0.0135. The molecule has 2 rings (SSSR count). The number of halogens is 1. The predicted molar refractivity (Wildman–Crippen MR) is 80.8 cm³/mol. The first-order chi connectivity index (χ1) is 9.56. The molecule has 1 atom stereocenters. The van der Waals surface area contributed by atoms with Crippen LogP contribution in [-0.4, -0.2) is 16.6 Å². The first kappa shape index (κ1) is 14.7. The summed E-state index contributed by atoms with van der Waals surface area (Å²) >= 11 is 5.80. The number of aliphatic hydroxyl groups excluding tert-OH is 1. The van der Waals surface area contributed by atoms with Crippen molar-refractivity contribution in [3.63, 3.8) is 0 Å². The van der Waals surface area contributed by atoms with Gasteiger partial charge in [-0.05, 0) is 36.2 Å². The predicted octanol–water partition coefficient (Wildman–Crippen LogP) is 2.83. The van der Waals surface area contributed by atoms with Crippen LogP contribution in [0.15, 0.2) is 42.5 Å². The summed E-state index contributed by atoms with van der Waals surface area (Å²) in [6.45, 7) is 2.57. The summed E-state index contributed by atoms with van der Waals surface area (Å²) < 4.78 is 0. The third-order valence-electron chi connectivity index (χ3n) is 3.00. The van der Waals surface area contributed by atoms with Crippen LogP contribution in [0.25, 0.3) is 0 Å². The van der Waals surface area contributed by atoms with Crippen molar-refractivity contribution < 1.29 is 10.2 Å². The molecule has 0 radical (unpaired) electrons. The minimum absolute atomic E-state index is 0.0135. The van der Waals surface area contributed by atoms with Gasteiger partial charge in [-0.1, -0.05) is 35.9 Å². The van der Waals surface area contributed by atoms with Crippen LogP contribution in [0.1, 0.15) is 11.1 Å². The molecule has 2 aromatic carbocycles. The molecule has 2 aromatic rings. The highest BCUT2D eigenvalue weighted by Crippen LogP contribution is 2.26. The van der Waals surface area contributed by atoms with Gasteiger partial charge < -0.3 is 15.5 Å². The van der Waals surface area contributed by atoms with Crippen LogP contribution in [0, 0.1) is 6.92 Å². The fourth-order valence-corrected chi connectivity index (χ4v) is 2.00. The van der Waals surface area contributed by atoms with E-state index in [0.717, 1.165) is 5.56 Å². The van der Waals surface area contributed by atoms with Gasteiger partial charge in [-0.25, -0.2) is 0 Å². The Morgan fingerprint density at radius 2 is 1.95 bits per heavy atom. The number of hydrogen-bond donors (Lipinski definition) is 4. The summed E-state index contributed by atoms with van der Waals surface area (Å²) in [6, 6.07) is 12.6. The van der Waals surface area contributed by atoms with E-state index in [2.05, 4.69) is 10.6 Å². The summed E-state index contributed by atoms with van der Waals surface area (Å²) in [5.41, 5.74) is 2.91. The van der Waals surface area contributed by atoms with Crippen LogP contribution >= 0.6 is 11.6 Å². The zero-order valence-corrected chi connectivity index (χ0v) is 11.9. The van der Waals surface area contributed by atoms with Crippen molar-refractivity contribution in [3.05, 3.63) is 58.6 Å². The third-order valence-corrected chi connectivity index (χ3v) is 3.30. The largest absolute Gasteiger partial charge is 0.506 e. The summed E-state index contributed by atoms with van der Waals surface area (Å²) in [6.07, 6.45) is -0.907. The highest BCUT2D eigenvalue weighted by Gasteiger charge is 2.06. The lowest BCUT2D eigenvalue weighted by Crippen LogP contribution is -2.35. The Morgan fingerprint density at radius 1 is 1.20 bits per heavy atom. The van der Waals surface area contributed by atoms with Crippen LogP contribution in [0.5, 0.6) is 5.75 Å². The fraction of sp³-hybridized carbons (Fsp3) is 0.200. The van der Waals surface area contributed by atoms with Gasteiger partial charge in [0.15, 0.2) is 6.35 Å². The lowest BCUT2D eigenvalue weighted by molar-refractivity contribution is 0.163. The van der Waals surface area contributed by atoms with Crippen LogP contribution < -0.4 is 10.6 Å². The van der Waals surface area contributed by atoms with Crippen LogP contribution in [0.2, 0.25) is 5.02 Å². The summed E-state index contributed by atoms with van der Waals surface area (Å²) in [5, 5.41) is 25.3. The minimum atomic E-state index is -0.907. The molecule has 0 amide bonds. The van der Waals surface area contributed by atoms with Crippen molar-refractivity contribution in [1.82, 2.24) is 5.32 Å². The van der Waals surface area contributed by atoms with Crippen LogP contribution in [0.3, 0.4) is 0 Å². The van der Waals surface area contributed by atoms with Crippen molar-refractivity contribution in [1.29, 1.82) is 0 Å². The number of hydrogen-bond acceptors (Lipinski definition) is 4. The molecule has 0 bridgehead atoms. The van der Waals surface area contributed by atoms with Gasteiger partial charge in [0, 0.05) is 12.2 Å². The van der Waals surface area contributed by atoms with Crippen molar-refractivity contribution >= 4 is 17.3 Å². The minimum Gasteiger partial charge on any atom is -0.506 e. The fourth-order valence-electron chi connectivity index (χ4n) is 1.82. The van der Waals surface area contributed by atoms with Crippen LogP contribution in [-0.2, 0) is 6.54 Å². The Balaban J connectivity index is 1.91. The number of anilines is 1. The molecule has 0 aliphatic rings. The van der Waals surface area contributed by atoms with E-state index in [-0.39, 0.29) is 10.8 Å². The van der Waals surface area contributed by atoms with Crippen molar-refractivity contribution in [2.24, 2.45) is 0 Å². The van der Waals surface area contributed by atoms with Gasteiger partial charge in [-0.15, -0.1) is 0 Å². The molecular formula is C15H17ClN2O2. The molecule has 0 saturated heterocycles. The normalized spacial score (nSPS) is 12.2. The quantitative estimate of drug-likeness (QED) is 0.505. The second-order valence-corrected chi connectivity index (χ2v) is 4.93. The first-order valence-corrected chi connectivity index (χ1v) is 6.65. The number of benzene rings is 2. The van der Waals surface area contributed by atoms with Gasteiger partial charge in [0.25, 0.3) is 0 Å². The van der Waals surface area contributed by atoms with E-state index >= 15 is 0 Å². The SMILES string of the molecule is Cc1ccccc1CNC(O)Nc1ccc(O)c(Cl)c1. The second kappa shape index (κ2) is 6.61. The van der Waals surface area contributed by atoms with Gasteiger partial charge in [0.1, 0.15) is 5.75 Å². The standard InChI is InChI=1S/C15H17ClN2O2/c1-10-4-2-3-5-11(10)9-17-15(20)18-12-6-7-14(19)13(16)8-12/h2-8,15,17-20H,9H2,1H3. The molecule has 4 N–H and O–H groups in total. The Bertz CT molecular complexity index is 590. The average molecular weight is 293 g/mol.